The Bertz CT molecular complexity index is 196. The molecule has 0 amide bonds. The second kappa shape index (κ2) is 5.99. The molecule has 2 N–H and O–H groups in total. The fourth-order valence-electron chi connectivity index (χ4n) is 2.75. The van der Waals surface area contributed by atoms with Gasteiger partial charge in [-0.1, -0.05) is 0 Å². The summed E-state index contributed by atoms with van der Waals surface area (Å²) < 4.78 is 5.41. The Morgan fingerprint density at radius 2 is 2.19 bits per heavy atom. The van der Waals surface area contributed by atoms with Crippen molar-refractivity contribution in [2.75, 3.05) is 32.8 Å². The van der Waals surface area contributed by atoms with E-state index in [4.69, 9.17) is 4.74 Å². The third-order valence-corrected chi connectivity index (χ3v) is 4.10. The summed E-state index contributed by atoms with van der Waals surface area (Å²) >= 11 is 0. The zero-order valence-corrected chi connectivity index (χ0v) is 10.6. The number of ether oxygens (including phenoxy) is 1. The maximum Gasteiger partial charge on any atom is 0.0483 e. The van der Waals surface area contributed by atoms with Gasteiger partial charge < -0.3 is 15.4 Å². The highest BCUT2D eigenvalue weighted by molar-refractivity contribution is 4.85. The third kappa shape index (κ3) is 3.72. The molecule has 3 heteroatoms. The van der Waals surface area contributed by atoms with Crippen LogP contribution in [0.15, 0.2) is 0 Å². The Kier molecular flexibility index (Phi) is 4.62. The lowest BCUT2D eigenvalue weighted by Gasteiger charge is -2.35. The largest absolute Gasteiger partial charge is 0.381 e. The molecular formula is C13H26N2O. The van der Waals surface area contributed by atoms with E-state index >= 15 is 0 Å². The number of hydrogen-bond donors (Lipinski definition) is 2. The van der Waals surface area contributed by atoms with E-state index < -0.39 is 0 Å². The Hall–Kier alpha value is -0.120. The monoisotopic (exact) mass is 226 g/mol. The average molecular weight is 226 g/mol. The molecule has 0 aliphatic carbocycles. The molecule has 0 aromatic heterocycles. The highest BCUT2D eigenvalue weighted by Crippen LogP contribution is 2.20. The van der Waals surface area contributed by atoms with Gasteiger partial charge in [-0.2, -0.15) is 0 Å². The van der Waals surface area contributed by atoms with Gasteiger partial charge in [0.2, 0.25) is 0 Å². The van der Waals surface area contributed by atoms with Gasteiger partial charge in [-0.3, -0.25) is 0 Å². The van der Waals surface area contributed by atoms with Crippen molar-refractivity contribution in [3.8, 4) is 0 Å². The predicted octanol–water partition coefficient (Wildman–Crippen LogP) is 1.53. The Balaban J connectivity index is 1.62. The maximum atomic E-state index is 5.41. The summed E-state index contributed by atoms with van der Waals surface area (Å²) in [4.78, 5) is 0. The molecule has 0 radical (unpaired) electrons. The zero-order valence-electron chi connectivity index (χ0n) is 10.6. The third-order valence-electron chi connectivity index (χ3n) is 4.10. The highest BCUT2D eigenvalue weighted by atomic mass is 16.5. The van der Waals surface area contributed by atoms with E-state index in [2.05, 4.69) is 17.6 Å². The fourth-order valence-corrected chi connectivity index (χ4v) is 2.75. The molecule has 1 atom stereocenters. The Morgan fingerprint density at radius 1 is 1.38 bits per heavy atom. The van der Waals surface area contributed by atoms with Gasteiger partial charge in [0.05, 0.1) is 0 Å². The van der Waals surface area contributed by atoms with Gasteiger partial charge in [-0.05, 0) is 64.6 Å². The molecule has 1 unspecified atom stereocenters. The van der Waals surface area contributed by atoms with Crippen LogP contribution in [0, 0.1) is 5.92 Å². The van der Waals surface area contributed by atoms with Crippen LogP contribution in [0.5, 0.6) is 0 Å². The second-order valence-corrected chi connectivity index (χ2v) is 5.60. The van der Waals surface area contributed by atoms with E-state index in [9.17, 15) is 0 Å². The molecule has 2 rings (SSSR count). The topological polar surface area (TPSA) is 33.3 Å². The molecule has 2 saturated heterocycles. The Labute approximate surface area is 99.3 Å². The van der Waals surface area contributed by atoms with E-state index in [0.717, 1.165) is 32.0 Å². The molecule has 0 aromatic carbocycles. The van der Waals surface area contributed by atoms with Crippen molar-refractivity contribution < 1.29 is 4.74 Å². The molecule has 0 aromatic rings. The van der Waals surface area contributed by atoms with Gasteiger partial charge in [0.25, 0.3) is 0 Å². The van der Waals surface area contributed by atoms with Gasteiger partial charge in [-0.25, -0.2) is 0 Å². The van der Waals surface area contributed by atoms with Crippen molar-refractivity contribution in [1.29, 1.82) is 0 Å². The van der Waals surface area contributed by atoms with Crippen molar-refractivity contribution in [3.63, 3.8) is 0 Å². The van der Waals surface area contributed by atoms with Crippen molar-refractivity contribution in [2.45, 2.75) is 44.6 Å². The number of piperidine rings is 1. The van der Waals surface area contributed by atoms with Gasteiger partial charge in [0.1, 0.15) is 0 Å². The van der Waals surface area contributed by atoms with Crippen LogP contribution in [-0.4, -0.2) is 38.4 Å². The molecule has 0 spiro atoms. The standard InChI is InChI=1S/C13H26N2O/c1-13(5-9-16-10-6-13)15-8-4-12-3-2-7-14-11-12/h12,14-15H,2-11H2,1H3. The molecule has 0 bridgehead atoms. The smallest absolute Gasteiger partial charge is 0.0483 e. The van der Waals surface area contributed by atoms with Crippen LogP contribution < -0.4 is 10.6 Å². The lowest BCUT2D eigenvalue weighted by molar-refractivity contribution is 0.0447. The van der Waals surface area contributed by atoms with Gasteiger partial charge in [0.15, 0.2) is 0 Å². The summed E-state index contributed by atoms with van der Waals surface area (Å²) in [6.45, 7) is 7.81. The average Bonchev–Trinajstić information content (AvgIpc) is 2.31. The van der Waals surface area contributed by atoms with E-state index in [0.29, 0.717) is 5.54 Å². The highest BCUT2D eigenvalue weighted by Gasteiger charge is 2.26. The summed E-state index contributed by atoms with van der Waals surface area (Å²) in [5.41, 5.74) is 0.334. The summed E-state index contributed by atoms with van der Waals surface area (Å²) in [5, 5.41) is 7.22. The first-order valence-electron chi connectivity index (χ1n) is 6.82. The number of rotatable bonds is 4. The molecule has 0 saturated carbocycles. The fraction of sp³-hybridized carbons (Fsp3) is 1.00. The van der Waals surface area contributed by atoms with Gasteiger partial charge >= 0.3 is 0 Å². The van der Waals surface area contributed by atoms with Crippen molar-refractivity contribution in [3.05, 3.63) is 0 Å². The minimum atomic E-state index is 0.334. The molecule has 16 heavy (non-hydrogen) atoms. The zero-order chi connectivity index (χ0) is 11.3. The molecule has 2 heterocycles. The van der Waals surface area contributed by atoms with Crippen LogP contribution in [0.3, 0.4) is 0 Å². The predicted molar refractivity (Wildman–Crippen MR) is 66.7 cm³/mol. The summed E-state index contributed by atoms with van der Waals surface area (Å²) in [5.74, 6) is 0.893. The normalized spacial score (nSPS) is 30.2. The van der Waals surface area contributed by atoms with Crippen LogP contribution >= 0.6 is 0 Å². The molecule has 94 valence electrons. The lowest BCUT2D eigenvalue weighted by Crippen LogP contribution is -2.47. The molecular weight excluding hydrogens is 200 g/mol. The SMILES string of the molecule is CC1(NCCC2CCCNC2)CCOCC1. The minimum Gasteiger partial charge on any atom is -0.381 e. The first-order valence-corrected chi connectivity index (χ1v) is 6.82. The van der Waals surface area contributed by atoms with Crippen molar-refractivity contribution >= 4 is 0 Å². The van der Waals surface area contributed by atoms with Gasteiger partial charge in [0, 0.05) is 18.8 Å². The van der Waals surface area contributed by atoms with Crippen LogP contribution in [0.25, 0.3) is 0 Å². The van der Waals surface area contributed by atoms with Crippen LogP contribution in [-0.2, 0) is 4.74 Å². The number of hydrogen-bond acceptors (Lipinski definition) is 3. The molecule has 3 nitrogen and oxygen atoms in total. The number of nitrogens with one attached hydrogen (secondary N) is 2. The van der Waals surface area contributed by atoms with E-state index in [1.54, 1.807) is 0 Å². The summed E-state index contributed by atoms with van der Waals surface area (Å²) in [7, 11) is 0. The second-order valence-electron chi connectivity index (χ2n) is 5.60. The van der Waals surface area contributed by atoms with Gasteiger partial charge in [-0.15, -0.1) is 0 Å². The minimum absolute atomic E-state index is 0.334. The summed E-state index contributed by atoms with van der Waals surface area (Å²) in [6.07, 6.45) is 6.42. The Morgan fingerprint density at radius 3 is 2.88 bits per heavy atom. The molecule has 2 fully saturated rings. The van der Waals surface area contributed by atoms with Crippen LogP contribution in [0.2, 0.25) is 0 Å². The van der Waals surface area contributed by atoms with Crippen molar-refractivity contribution in [1.82, 2.24) is 10.6 Å². The lowest BCUT2D eigenvalue weighted by atomic mass is 9.91. The quantitative estimate of drug-likeness (QED) is 0.763. The van der Waals surface area contributed by atoms with Crippen LogP contribution in [0.4, 0.5) is 0 Å². The molecule has 2 aliphatic heterocycles. The first-order chi connectivity index (χ1) is 7.79. The van der Waals surface area contributed by atoms with E-state index in [-0.39, 0.29) is 0 Å². The molecule has 2 aliphatic rings. The van der Waals surface area contributed by atoms with Crippen molar-refractivity contribution in [2.24, 2.45) is 5.92 Å². The summed E-state index contributed by atoms with van der Waals surface area (Å²) in [6, 6.07) is 0. The van der Waals surface area contributed by atoms with E-state index in [1.165, 1.54) is 38.9 Å². The maximum absolute atomic E-state index is 5.41. The van der Waals surface area contributed by atoms with E-state index in [1.807, 2.05) is 0 Å². The van der Waals surface area contributed by atoms with Crippen LogP contribution in [0.1, 0.15) is 39.0 Å². The first kappa shape index (κ1) is 12.3.